The van der Waals surface area contributed by atoms with Gasteiger partial charge in [0.2, 0.25) is 5.91 Å². The monoisotopic (exact) mass is 547 g/mol. The maximum absolute atomic E-state index is 13.5. The van der Waals surface area contributed by atoms with E-state index in [0.717, 1.165) is 17.1 Å². The molecule has 0 radical (unpaired) electrons. The summed E-state index contributed by atoms with van der Waals surface area (Å²) in [7, 11) is 0. The van der Waals surface area contributed by atoms with Crippen molar-refractivity contribution in [2.45, 2.75) is 44.3 Å². The summed E-state index contributed by atoms with van der Waals surface area (Å²) in [4.78, 5) is 76.4. The van der Waals surface area contributed by atoms with Crippen LogP contribution in [0.25, 0.3) is 0 Å². The molecule has 2 rings (SSSR count). The fourth-order valence-electron chi connectivity index (χ4n) is 3.91. The van der Waals surface area contributed by atoms with E-state index in [1.807, 2.05) is 6.26 Å². The number of hydrogen-bond donors (Lipinski definition) is 4. The quantitative estimate of drug-likeness (QED) is 0.170. The maximum atomic E-state index is 13.5. The molecule has 13 heteroatoms. The van der Waals surface area contributed by atoms with Crippen molar-refractivity contribution in [1.29, 1.82) is 0 Å². The fraction of sp³-hybridized carbons (Fsp3) is 0.440. The van der Waals surface area contributed by atoms with E-state index in [0.29, 0.717) is 16.2 Å². The predicted octanol–water partition coefficient (Wildman–Crippen LogP) is -0.141. The van der Waals surface area contributed by atoms with Crippen molar-refractivity contribution in [3.63, 3.8) is 0 Å². The smallest absolute Gasteiger partial charge is 0.326 e. The normalized spacial score (nSPS) is 14.3. The minimum absolute atomic E-state index is 0.0735. The summed E-state index contributed by atoms with van der Waals surface area (Å²) in [5, 5.41) is 12.5. The molecule has 0 aromatic heterocycles. The topological polar surface area (TPSA) is 193 Å². The third-order valence-corrected chi connectivity index (χ3v) is 6.57. The third-order valence-electron chi connectivity index (χ3n) is 5.93. The van der Waals surface area contributed by atoms with Gasteiger partial charge < -0.3 is 21.9 Å². The number of hydrogen-bond acceptors (Lipinski definition) is 9. The van der Waals surface area contributed by atoms with E-state index >= 15 is 0 Å². The standard InChI is InChI=1S/C25H33N5O7S/c1-38-12-10-18(28-23(34)17-6-4-5-16(13-17)14-26)24(35)30(22(33)15-27)19(25(36)37)7-2-3-11-29-20(31)8-9-21(29)32/h4-6,8-9,13,18-19H,2-3,7,10-12,14-15,26-27H2,1H3,(H,28,34)(H,36,37)/t18-,19-/m0/s1. The van der Waals surface area contributed by atoms with Crippen LogP contribution in [0.4, 0.5) is 0 Å². The van der Waals surface area contributed by atoms with Crippen molar-refractivity contribution in [2.75, 3.05) is 25.1 Å². The van der Waals surface area contributed by atoms with Crippen molar-refractivity contribution in [2.24, 2.45) is 11.5 Å². The number of rotatable bonds is 15. The van der Waals surface area contributed by atoms with Gasteiger partial charge in [0.1, 0.15) is 12.1 Å². The lowest BCUT2D eigenvalue weighted by molar-refractivity contribution is -0.158. The van der Waals surface area contributed by atoms with Crippen LogP contribution in [0.2, 0.25) is 0 Å². The lowest BCUT2D eigenvalue weighted by atomic mass is 10.0. The van der Waals surface area contributed by atoms with E-state index in [1.54, 1.807) is 24.3 Å². The van der Waals surface area contributed by atoms with Gasteiger partial charge in [0.15, 0.2) is 0 Å². The zero-order valence-electron chi connectivity index (χ0n) is 21.1. The maximum Gasteiger partial charge on any atom is 0.326 e. The molecule has 0 aliphatic carbocycles. The van der Waals surface area contributed by atoms with Gasteiger partial charge in [0.25, 0.3) is 23.6 Å². The molecule has 1 aromatic rings. The average molecular weight is 548 g/mol. The van der Waals surface area contributed by atoms with Crippen molar-refractivity contribution in [1.82, 2.24) is 15.1 Å². The molecule has 0 saturated heterocycles. The number of nitrogens with one attached hydrogen (secondary N) is 1. The highest BCUT2D eigenvalue weighted by molar-refractivity contribution is 7.98. The highest BCUT2D eigenvalue weighted by Crippen LogP contribution is 2.16. The Morgan fingerprint density at radius 2 is 1.76 bits per heavy atom. The van der Waals surface area contributed by atoms with Gasteiger partial charge in [-0.1, -0.05) is 12.1 Å². The summed E-state index contributed by atoms with van der Waals surface area (Å²) in [5.74, 6) is -4.22. The second kappa shape index (κ2) is 15.0. The summed E-state index contributed by atoms with van der Waals surface area (Å²) < 4.78 is 0. The van der Waals surface area contributed by atoms with Gasteiger partial charge in [0, 0.05) is 30.8 Å². The molecule has 38 heavy (non-hydrogen) atoms. The minimum atomic E-state index is -1.55. The number of carboxylic acids is 1. The number of imide groups is 2. The lowest BCUT2D eigenvalue weighted by Crippen LogP contribution is -2.57. The molecular formula is C25H33N5O7S. The number of unbranched alkanes of at least 4 members (excludes halogenated alkanes) is 1. The van der Waals surface area contributed by atoms with Gasteiger partial charge in [-0.05, 0) is 55.4 Å². The molecule has 12 nitrogen and oxygen atoms in total. The van der Waals surface area contributed by atoms with Gasteiger partial charge in [-0.25, -0.2) is 4.79 Å². The van der Waals surface area contributed by atoms with Crippen LogP contribution >= 0.6 is 11.8 Å². The number of benzene rings is 1. The van der Waals surface area contributed by atoms with E-state index in [1.165, 1.54) is 11.8 Å². The molecule has 6 N–H and O–H groups in total. The molecule has 1 aliphatic heterocycles. The SMILES string of the molecule is CSCC[C@H](NC(=O)c1cccc(CN)c1)C(=O)N(C(=O)CN)[C@@H](CCCCN1C(=O)C=CC1=O)C(=O)O. The molecule has 206 valence electrons. The number of carbonyl (C=O) groups is 6. The van der Waals surface area contributed by atoms with E-state index in [4.69, 9.17) is 11.5 Å². The molecule has 0 unspecified atom stereocenters. The summed E-state index contributed by atoms with van der Waals surface area (Å²) in [6, 6.07) is 3.81. The Morgan fingerprint density at radius 1 is 1.08 bits per heavy atom. The van der Waals surface area contributed by atoms with Crippen LogP contribution in [0, 0.1) is 0 Å². The molecule has 2 atom stereocenters. The summed E-state index contributed by atoms with van der Waals surface area (Å²) in [6.45, 7) is -0.324. The first kappa shape index (κ1) is 30.7. The number of nitrogens with two attached hydrogens (primary N) is 2. The Bertz CT molecular complexity index is 1080. The van der Waals surface area contributed by atoms with Gasteiger partial charge >= 0.3 is 5.97 Å². The Hall–Kier alpha value is -3.55. The summed E-state index contributed by atoms with van der Waals surface area (Å²) in [5.41, 5.74) is 12.1. The Labute approximate surface area is 224 Å². The van der Waals surface area contributed by atoms with Crippen LogP contribution in [-0.2, 0) is 30.5 Å². The van der Waals surface area contributed by atoms with Gasteiger partial charge in [-0.2, -0.15) is 11.8 Å². The van der Waals surface area contributed by atoms with E-state index in [2.05, 4.69) is 5.32 Å². The van der Waals surface area contributed by atoms with E-state index < -0.39 is 54.1 Å². The number of thioether (sulfide) groups is 1. The Morgan fingerprint density at radius 3 is 2.34 bits per heavy atom. The minimum Gasteiger partial charge on any atom is -0.480 e. The van der Waals surface area contributed by atoms with Crippen molar-refractivity contribution in [3.8, 4) is 0 Å². The third kappa shape index (κ3) is 8.23. The van der Waals surface area contributed by atoms with Crippen LogP contribution < -0.4 is 16.8 Å². The van der Waals surface area contributed by atoms with Gasteiger partial charge in [0.05, 0.1) is 6.54 Å². The lowest BCUT2D eigenvalue weighted by Gasteiger charge is -2.31. The number of nitrogens with zero attached hydrogens (tertiary/aromatic N) is 2. The molecular weight excluding hydrogens is 514 g/mol. The van der Waals surface area contributed by atoms with Gasteiger partial charge in [-0.3, -0.25) is 33.8 Å². The van der Waals surface area contributed by atoms with Crippen LogP contribution in [0.1, 0.15) is 41.6 Å². The highest BCUT2D eigenvalue weighted by atomic mass is 32.2. The molecule has 0 saturated carbocycles. The van der Waals surface area contributed by atoms with Crippen molar-refractivity contribution < 1.29 is 33.9 Å². The van der Waals surface area contributed by atoms with Crippen molar-refractivity contribution >= 4 is 47.3 Å². The van der Waals surface area contributed by atoms with Crippen LogP contribution in [0.3, 0.4) is 0 Å². The second-order valence-electron chi connectivity index (χ2n) is 8.53. The predicted molar refractivity (Wildman–Crippen MR) is 141 cm³/mol. The molecule has 5 amide bonds. The van der Waals surface area contributed by atoms with Crippen LogP contribution in [-0.4, -0.2) is 87.6 Å². The summed E-state index contributed by atoms with van der Waals surface area (Å²) >= 11 is 1.42. The Balaban J connectivity index is 2.20. The van der Waals surface area contributed by atoms with E-state index in [-0.39, 0.29) is 44.3 Å². The zero-order valence-corrected chi connectivity index (χ0v) is 21.9. The fourth-order valence-corrected chi connectivity index (χ4v) is 4.38. The highest BCUT2D eigenvalue weighted by Gasteiger charge is 2.38. The first-order valence-electron chi connectivity index (χ1n) is 12.1. The molecule has 1 aliphatic rings. The summed E-state index contributed by atoms with van der Waals surface area (Å²) in [6.07, 6.45) is 4.60. The molecule has 1 aromatic carbocycles. The first-order chi connectivity index (χ1) is 18.1. The number of amides is 5. The number of carbonyl (C=O) groups excluding carboxylic acids is 5. The molecule has 0 fully saturated rings. The van der Waals surface area contributed by atoms with E-state index in [9.17, 15) is 33.9 Å². The Kier molecular flexibility index (Phi) is 12.1. The average Bonchev–Trinajstić information content (AvgIpc) is 3.23. The first-order valence-corrected chi connectivity index (χ1v) is 13.4. The second-order valence-corrected chi connectivity index (χ2v) is 9.51. The molecule has 1 heterocycles. The zero-order chi connectivity index (χ0) is 28.2. The van der Waals surface area contributed by atoms with Crippen LogP contribution in [0.15, 0.2) is 36.4 Å². The molecule has 0 spiro atoms. The number of aliphatic carboxylic acids is 1. The van der Waals surface area contributed by atoms with Crippen molar-refractivity contribution in [3.05, 3.63) is 47.5 Å². The van der Waals surface area contributed by atoms with Crippen LogP contribution in [0.5, 0.6) is 0 Å². The van der Waals surface area contributed by atoms with Gasteiger partial charge in [-0.15, -0.1) is 0 Å². The number of carboxylic acid groups (broad SMARTS) is 1. The largest absolute Gasteiger partial charge is 0.480 e. The molecule has 0 bridgehead atoms.